The molecule has 2 N–H and O–H groups in total. The van der Waals surface area contributed by atoms with Crippen molar-refractivity contribution in [2.75, 3.05) is 20.1 Å². The molecule has 1 aliphatic heterocycles. The first-order chi connectivity index (χ1) is 14.0. The summed E-state index contributed by atoms with van der Waals surface area (Å²) in [6.45, 7) is 6.67. The van der Waals surface area contributed by atoms with Crippen molar-refractivity contribution in [3.63, 3.8) is 0 Å². The fourth-order valence-corrected chi connectivity index (χ4v) is 3.56. The Hall–Kier alpha value is -2.70. The van der Waals surface area contributed by atoms with E-state index in [0.717, 1.165) is 11.1 Å². The van der Waals surface area contributed by atoms with Crippen molar-refractivity contribution in [2.24, 2.45) is 0 Å². The standard InChI is InChI=1S/C23H29N3O3/c1-16-14-26(15-17(2)29-16)23(28)21-10-6-19(7-11-21)13-25-12-18-4-8-20(9-5-18)22(27)24-3/h4-11,16-17,25H,12-15H2,1-3H3,(H,24,27)/t16-,17-/m1/s1. The molecule has 0 radical (unpaired) electrons. The highest BCUT2D eigenvalue weighted by Crippen LogP contribution is 2.15. The van der Waals surface area contributed by atoms with Crippen LogP contribution < -0.4 is 10.6 Å². The number of morpholine rings is 1. The maximum atomic E-state index is 12.7. The summed E-state index contributed by atoms with van der Waals surface area (Å²) in [6.07, 6.45) is 0.133. The molecule has 2 atom stereocenters. The van der Waals surface area contributed by atoms with Gasteiger partial charge in [-0.3, -0.25) is 9.59 Å². The maximum Gasteiger partial charge on any atom is 0.254 e. The second-order valence-electron chi connectivity index (χ2n) is 7.54. The molecule has 2 aromatic rings. The molecule has 6 nitrogen and oxygen atoms in total. The third-order valence-electron chi connectivity index (χ3n) is 5.01. The molecule has 1 heterocycles. The summed E-state index contributed by atoms with van der Waals surface area (Å²) >= 11 is 0. The summed E-state index contributed by atoms with van der Waals surface area (Å²) in [5, 5.41) is 6.01. The lowest BCUT2D eigenvalue weighted by molar-refractivity contribution is -0.0586. The first-order valence-electron chi connectivity index (χ1n) is 10.0. The lowest BCUT2D eigenvalue weighted by Crippen LogP contribution is -2.48. The van der Waals surface area contributed by atoms with Crippen molar-refractivity contribution < 1.29 is 14.3 Å². The molecule has 0 aromatic heterocycles. The third-order valence-corrected chi connectivity index (χ3v) is 5.01. The van der Waals surface area contributed by atoms with Crippen molar-refractivity contribution in [1.82, 2.24) is 15.5 Å². The van der Waals surface area contributed by atoms with Crippen LogP contribution in [0.1, 0.15) is 45.7 Å². The third kappa shape index (κ3) is 5.65. The van der Waals surface area contributed by atoms with Gasteiger partial charge < -0.3 is 20.3 Å². The Labute approximate surface area is 172 Å². The van der Waals surface area contributed by atoms with Crippen LogP contribution in [-0.4, -0.2) is 49.1 Å². The molecule has 3 rings (SSSR count). The Kier molecular flexibility index (Phi) is 7.01. The van der Waals surface area contributed by atoms with E-state index in [0.29, 0.717) is 37.3 Å². The van der Waals surface area contributed by atoms with Crippen LogP contribution in [0, 0.1) is 0 Å². The number of nitrogens with zero attached hydrogens (tertiary/aromatic N) is 1. The minimum atomic E-state index is -0.0832. The molecule has 0 bridgehead atoms. The van der Waals surface area contributed by atoms with Crippen LogP contribution in [0.2, 0.25) is 0 Å². The monoisotopic (exact) mass is 395 g/mol. The Morgan fingerprint density at radius 1 is 0.897 bits per heavy atom. The molecule has 2 aromatic carbocycles. The van der Waals surface area contributed by atoms with E-state index < -0.39 is 0 Å². The van der Waals surface area contributed by atoms with Crippen LogP contribution >= 0.6 is 0 Å². The lowest BCUT2D eigenvalue weighted by atomic mass is 10.1. The summed E-state index contributed by atoms with van der Waals surface area (Å²) < 4.78 is 5.70. The highest BCUT2D eigenvalue weighted by Gasteiger charge is 2.26. The smallest absolute Gasteiger partial charge is 0.254 e. The van der Waals surface area contributed by atoms with Gasteiger partial charge in [0.25, 0.3) is 11.8 Å². The van der Waals surface area contributed by atoms with Crippen LogP contribution in [-0.2, 0) is 17.8 Å². The van der Waals surface area contributed by atoms with E-state index >= 15 is 0 Å². The predicted octanol–water partition coefficient (Wildman–Crippen LogP) is 2.59. The van der Waals surface area contributed by atoms with E-state index in [1.165, 1.54) is 0 Å². The van der Waals surface area contributed by atoms with E-state index in [1.54, 1.807) is 7.05 Å². The zero-order valence-electron chi connectivity index (χ0n) is 17.3. The van der Waals surface area contributed by atoms with Crippen molar-refractivity contribution >= 4 is 11.8 Å². The fourth-order valence-electron chi connectivity index (χ4n) is 3.56. The number of hydrogen-bond donors (Lipinski definition) is 2. The lowest BCUT2D eigenvalue weighted by Gasteiger charge is -2.35. The van der Waals surface area contributed by atoms with E-state index in [-0.39, 0.29) is 24.0 Å². The topological polar surface area (TPSA) is 70.7 Å². The molecule has 0 aliphatic carbocycles. The van der Waals surface area contributed by atoms with Crippen molar-refractivity contribution in [2.45, 2.75) is 39.1 Å². The van der Waals surface area contributed by atoms with Gasteiger partial charge in [0.2, 0.25) is 0 Å². The van der Waals surface area contributed by atoms with Gasteiger partial charge in [0.15, 0.2) is 0 Å². The Morgan fingerprint density at radius 2 is 1.38 bits per heavy atom. The number of hydrogen-bond acceptors (Lipinski definition) is 4. The molecule has 0 saturated carbocycles. The Balaban J connectivity index is 1.50. The average Bonchev–Trinajstić information content (AvgIpc) is 2.73. The van der Waals surface area contributed by atoms with Crippen LogP contribution in [0.25, 0.3) is 0 Å². The molecule has 0 spiro atoms. The molecular weight excluding hydrogens is 366 g/mol. The van der Waals surface area contributed by atoms with Crippen LogP contribution in [0.15, 0.2) is 48.5 Å². The number of amides is 2. The maximum absolute atomic E-state index is 12.7. The second kappa shape index (κ2) is 9.67. The number of carbonyl (C=O) groups is 2. The largest absolute Gasteiger partial charge is 0.372 e. The van der Waals surface area contributed by atoms with Gasteiger partial charge >= 0.3 is 0 Å². The van der Waals surface area contributed by atoms with E-state index in [4.69, 9.17) is 4.74 Å². The van der Waals surface area contributed by atoms with Crippen LogP contribution in [0.3, 0.4) is 0 Å². The van der Waals surface area contributed by atoms with E-state index in [9.17, 15) is 9.59 Å². The van der Waals surface area contributed by atoms with Gasteiger partial charge in [-0.15, -0.1) is 0 Å². The second-order valence-corrected chi connectivity index (χ2v) is 7.54. The summed E-state index contributed by atoms with van der Waals surface area (Å²) in [6, 6.07) is 15.3. The summed E-state index contributed by atoms with van der Waals surface area (Å²) in [5.74, 6) is -0.0251. The molecule has 6 heteroatoms. The first-order valence-corrected chi connectivity index (χ1v) is 10.0. The Morgan fingerprint density at radius 3 is 1.86 bits per heavy atom. The molecular formula is C23H29N3O3. The first kappa shape index (κ1) is 21.0. The number of carbonyl (C=O) groups excluding carboxylic acids is 2. The minimum absolute atomic E-state index is 0.0581. The normalized spacial score (nSPS) is 19.1. The fraction of sp³-hybridized carbons (Fsp3) is 0.391. The number of rotatable bonds is 6. The molecule has 1 fully saturated rings. The average molecular weight is 396 g/mol. The van der Waals surface area contributed by atoms with Gasteiger partial charge in [-0.05, 0) is 49.2 Å². The zero-order chi connectivity index (χ0) is 20.8. The summed E-state index contributed by atoms with van der Waals surface area (Å²) in [5.41, 5.74) is 3.59. The molecule has 154 valence electrons. The van der Waals surface area contributed by atoms with Gasteiger partial charge in [0.1, 0.15) is 0 Å². The van der Waals surface area contributed by atoms with Gasteiger partial charge in [-0.2, -0.15) is 0 Å². The quantitative estimate of drug-likeness (QED) is 0.789. The summed E-state index contributed by atoms with van der Waals surface area (Å²) in [7, 11) is 1.62. The molecule has 1 aliphatic rings. The minimum Gasteiger partial charge on any atom is -0.372 e. The highest BCUT2D eigenvalue weighted by atomic mass is 16.5. The van der Waals surface area contributed by atoms with Crippen molar-refractivity contribution in [3.05, 3.63) is 70.8 Å². The number of nitrogens with one attached hydrogen (secondary N) is 2. The SMILES string of the molecule is CNC(=O)c1ccc(CNCc2ccc(C(=O)N3C[C@@H](C)O[C@H](C)C3)cc2)cc1. The molecule has 1 saturated heterocycles. The summed E-state index contributed by atoms with van der Waals surface area (Å²) in [4.78, 5) is 26.2. The zero-order valence-corrected chi connectivity index (χ0v) is 17.3. The van der Waals surface area contributed by atoms with E-state index in [2.05, 4.69) is 10.6 Å². The van der Waals surface area contributed by atoms with Gasteiger partial charge in [-0.25, -0.2) is 0 Å². The molecule has 29 heavy (non-hydrogen) atoms. The van der Waals surface area contributed by atoms with Crippen LogP contribution in [0.5, 0.6) is 0 Å². The van der Waals surface area contributed by atoms with Crippen LogP contribution in [0.4, 0.5) is 0 Å². The van der Waals surface area contributed by atoms with Crippen molar-refractivity contribution in [1.29, 1.82) is 0 Å². The predicted molar refractivity (Wildman–Crippen MR) is 113 cm³/mol. The van der Waals surface area contributed by atoms with Gasteiger partial charge in [0.05, 0.1) is 12.2 Å². The highest BCUT2D eigenvalue weighted by molar-refractivity contribution is 5.94. The molecule has 0 unspecified atom stereocenters. The number of ether oxygens (including phenoxy) is 1. The van der Waals surface area contributed by atoms with Gasteiger partial charge in [-0.1, -0.05) is 24.3 Å². The van der Waals surface area contributed by atoms with Crippen molar-refractivity contribution in [3.8, 4) is 0 Å². The van der Waals surface area contributed by atoms with Gasteiger partial charge in [0, 0.05) is 44.4 Å². The Bertz CT molecular complexity index is 823. The van der Waals surface area contributed by atoms with E-state index in [1.807, 2.05) is 67.3 Å². The number of benzene rings is 2. The molecule has 2 amide bonds.